The van der Waals surface area contributed by atoms with E-state index in [2.05, 4.69) is 10.2 Å². The second-order valence-electron chi connectivity index (χ2n) is 7.41. The standard InChI is InChI=1S/C19H24ClN5OS/c20-16-7-3-6-14(10-16)18-22-23-19(25(18)21)27-12-17(26)24-9-8-13-4-1-2-5-15(13)11-24/h3,6-7,10,13,15H,1-2,4-5,8-9,11-12,21H2/t13-,15-/m0/s1. The van der Waals surface area contributed by atoms with E-state index in [0.717, 1.165) is 31.0 Å². The van der Waals surface area contributed by atoms with Crippen LogP contribution in [0.1, 0.15) is 32.1 Å². The van der Waals surface area contributed by atoms with Crippen LogP contribution in [0.2, 0.25) is 5.02 Å². The molecule has 1 saturated carbocycles. The number of rotatable bonds is 4. The SMILES string of the molecule is Nn1c(SCC(=O)N2CC[C@@H]3CCCC[C@H]3C2)nnc1-c1cccc(Cl)c1. The van der Waals surface area contributed by atoms with Gasteiger partial charge in [-0.3, -0.25) is 4.79 Å². The fraction of sp³-hybridized carbons (Fsp3) is 0.526. The molecular formula is C19H24ClN5OS. The third-order valence-electron chi connectivity index (χ3n) is 5.72. The van der Waals surface area contributed by atoms with Gasteiger partial charge in [0.05, 0.1) is 5.75 Å². The Labute approximate surface area is 168 Å². The first kappa shape index (κ1) is 18.6. The number of carbonyl (C=O) groups is 1. The Morgan fingerprint density at radius 2 is 2.04 bits per heavy atom. The zero-order valence-electron chi connectivity index (χ0n) is 15.2. The number of piperidine rings is 1. The Bertz CT molecular complexity index is 826. The third-order valence-corrected chi connectivity index (χ3v) is 6.88. The number of likely N-dealkylation sites (tertiary alicyclic amines) is 1. The zero-order valence-corrected chi connectivity index (χ0v) is 16.8. The molecule has 2 atom stereocenters. The molecule has 27 heavy (non-hydrogen) atoms. The van der Waals surface area contributed by atoms with Gasteiger partial charge in [0, 0.05) is 23.7 Å². The topological polar surface area (TPSA) is 77.0 Å². The Hall–Kier alpha value is -1.73. The summed E-state index contributed by atoms with van der Waals surface area (Å²) in [5.41, 5.74) is 0.801. The smallest absolute Gasteiger partial charge is 0.233 e. The number of benzene rings is 1. The summed E-state index contributed by atoms with van der Waals surface area (Å²) in [7, 11) is 0. The van der Waals surface area contributed by atoms with Crippen molar-refractivity contribution in [2.75, 3.05) is 24.7 Å². The van der Waals surface area contributed by atoms with Crippen molar-refractivity contribution in [1.29, 1.82) is 0 Å². The van der Waals surface area contributed by atoms with Crippen LogP contribution in [0.5, 0.6) is 0 Å². The molecule has 144 valence electrons. The number of fused-ring (bicyclic) bond motifs is 1. The normalized spacial score (nSPS) is 22.5. The van der Waals surface area contributed by atoms with Crippen molar-refractivity contribution in [1.82, 2.24) is 19.8 Å². The lowest BCUT2D eigenvalue weighted by atomic mass is 9.75. The highest BCUT2D eigenvalue weighted by molar-refractivity contribution is 7.99. The van der Waals surface area contributed by atoms with Gasteiger partial charge in [-0.2, -0.15) is 0 Å². The highest BCUT2D eigenvalue weighted by Gasteiger charge is 2.32. The lowest BCUT2D eigenvalue weighted by Gasteiger charge is -2.41. The van der Waals surface area contributed by atoms with Gasteiger partial charge in [0.15, 0.2) is 5.82 Å². The molecule has 1 aliphatic heterocycles. The van der Waals surface area contributed by atoms with Gasteiger partial charge in [-0.1, -0.05) is 54.8 Å². The number of nitrogen functional groups attached to an aromatic ring is 1. The molecule has 1 amide bonds. The minimum atomic E-state index is 0.163. The molecule has 1 aliphatic carbocycles. The summed E-state index contributed by atoms with van der Waals surface area (Å²) in [5, 5.41) is 9.45. The van der Waals surface area contributed by atoms with Crippen molar-refractivity contribution in [3.8, 4) is 11.4 Å². The molecule has 0 radical (unpaired) electrons. The van der Waals surface area contributed by atoms with E-state index >= 15 is 0 Å². The van der Waals surface area contributed by atoms with E-state index < -0.39 is 0 Å². The van der Waals surface area contributed by atoms with Gasteiger partial charge in [0.25, 0.3) is 0 Å². The van der Waals surface area contributed by atoms with Gasteiger partial charge >= 0.3 is 0 Å². The maximum atomic E-state index is 12.7. The summed E-state index contributed by atoms with van der Waals surface area (Å²) >= 11 is 7.38. The van der Waals surface area contributed by atoms with Crippen LogP contribution in [0.15, 0.2) is 29.4 Å². The maximum Gasteiger partial charge on any atom is 0.233 e. The van der Waals surface area contributed by atoms with Gasteiger partial charge in [-0.15, -0.1) is 10.2 Å². The molecule has 1 saturated heterocycles. The monoisotopic (exact) mass is 405 g/mol. The molecule has 0 spiro atoms. The van der Waals surface area contributed by atoms with Crippen molar-refractivity contribution in [2.45, 2.75) is 37.3 Å². The fourth-order valence-electron chi connectivity index (χ4n) is 4.24. The first-order valence-electron chi connectivity index (χ1n) is 9.49. The molecule has 4 rings (SSSR count). The zero-order chi connectivity index (χ0) is 18.8. The summed E-state index contributed by atoms with van der Waals surface area (Å²) in [4.78, 5) is 14.7. The van der Waals surface area contributed by atoms with Gasteiger partial charge in [0.2, 0.25) is 11.1 Å². The lowest BCUT2D eigenvalue weighted by molar-refractivity contribution is -0.131. The summed E-state index contributed by atoms with van der Waals surface area (Å²) < 4.78 is 1.43. The molecule has 0 unspecified atom stereocenters. The molecule has 2 N–H and O–H groups in total. The second kappa shape index (κ2) is 8.10. The first-order valence-corrected chi connectivity index (χ1v) is 10.8. The number of thioether (sulfide) groups is 1. The van der Waals surface area contributed by atoms with Crippen LogP contribution in [-0.2, 0) is 4.79 Å². The van der Waals surface area contributed by atoms with E-state index in [0.29, 0.717) is 27.7 Å². The number of amides is 1. The average molecular weight is 406 g/mol. The number of halogens is 1. The summed E-state index contributed by atoms with van der Waals surface area (Å²) in [6, 6.07) is 7.32. The van der Waals surface area contributed by atoms with Crippen LogP contribution in [0.4, 0.5) is 0 Å². The molecule has 0 bridgehead atoms. The van der Waals surface area contributed by atoms with Crippen LogP contribution in [0.25, 0.3) is 11.4 Å². The number of nitrogens with zero attached hydrogens (tertiary/aromatic N) is 4. The number of hydrogen-bond acceptors (Lipinski definition) is 5. The molecule has 2 aliphatic rings. The minimum Gasteiger partial charge on any atom is -0.342 e. The second-order valence-corrected chi connectivity index (χ2v) is 8.79. The van der Waals surface area contributed by atoms with Crippen molar-refractivity contribution in [2.24, 2.45) is 11.8 Å². The number of carbonyl (C=O) groups excluding carboxylic acids is 1. The predicted octanol–water partition coefficient (Wildman–Crippen LogP) is 3.44. The largest absolute Gasteiger partial charge is 0.342 e. The Morgan fingerprint density at radius 1 is 1.22 bits per heavy atom. The number of nitrogens with two attached hydrogens (primary N) is 1. The molecule has 2 heterocycles. The van der Waals surface area contributed by atoms with Crippen molar-refractivity contribution in [3.05, 3.63) is 29.3 Å². The maximum absolute atomic E-state index is 12.7. The summed E-state index contributed by atoms with van der Waals surface area (Å²) in [5.74, 6) is 8.69. The van der Waals surface area contributed by atoms with E-state index in [1.165, 1.54) is 42.1 Å². The average Bonchev–Trinajstić information content (AvgIpc) is 3.06. The van der Waals surface area contributed by atoms with E-state index in [4.69, 9.17) is 17.4 Å². The van der Waals surface area contributed by atoms with Gasteiger partial charge in [-0.05, 0) is 36.8 Å². The molecule has 1 aromatic heterocycles. The van der Waals surface area contributed by atoms with Crippen molar-refractivity contribution < 1.29 is 4.79 Å². The summed E-state index contributed by atoms with van der Waals surface area (Å²) in [6.07, 6.45) is 6.41. The molecular weight excluding hydrogens is 382 g/mol. The van der Waals surface area contributed by atoms with Crippen LogP contribution in [0, 0.1) is 11.8 Å². The first-order chi connectivity index (χ1) is 13.1. The Morgan fingerprint density at radius 3 is 2.85 bits per heavy atom. The number of hydrogen-bond donors (Lipinski definition) is 1. The predicted molar refractivity (Wildman–Crippen MR) is 108 cm³/mol. The van der Waals surface area contributed by atoms with Crippen LogP contribution in [-0.4, -0.2) is 44.5 Å². The highest BCUT2D eigenvalue weighted by Crippen LogP contribution is 2.36. The van der Waals surface area contributed by atoms with Gasteiger partial charge in [-0.25, -0.2) is 4.68 Å². The quantitative estimate of drug-likeness (QED) is 0.622. The van der Waals surface area contributed by atoms with Crippen LogP contribution < -0.4 is 5.84 Å². The van der Waals surface area contributed by atoms with Gasteiger partial charge in [0.1, 0.15) is 0 Å². The van der Waals surface area contributed by atoms with Crippen molar-refractivity contribution >= 4 is 29.3 Å². The Balaban J connectivity index is 1.37. The van der Waals surface area contributed by atoms with Crippen LogP contribution in [0.3, 0.4) is 0 Å². The van der Waals surface area contributed by atoms with E-state index in [-0.39, 0.29) is 5.91 Å². The Kier molecular flexibility index (Phi) is 5.59. The van der Waals surface area contributed by atoms with E-state index in [1.807, 2.05) is 17.0 Å². The lowest BCUT2D eigenvalue weighted by Crippen LogP contribution is -2.45. The summed E-state index contributed by atoms with van der Waals surface area (Å²) in [6.45, 7) is 1.79. The minimum absolute atomic E-state index is 0.163. The van der Waals surface area contributed by atoms with Crippen LogP contribution >= 0.6 is 23.4 Å². The highest BCUT2D eigenvalue weighted by atomic mass is 35.5. The van der Waals surface area contributed by atoms with Crippen molar-refractivity contribution in [3.63, 3.8) is 0 Å². The van der Waals surface area contributed by atoms with E-state index in [1.54, 1.807) is 12.1 Å². The molecule has 2 fully saturated rings. The molecule has 2 aromatic rings. The van der Waals surface area contributed by atoms with Gasteiger partial charge < -0.3 is 10.7 Å². The van der Waals surface area contributed by atoms with E-state index in [9.17, 15) is 4.79 Å². The fourth-order valence-corrected chi connectivity index (χ4v) is 5.19. The molecule has 1 aromatic carbocycles. The molecule has 6 nitrogen and oxygen atoms in total. The molecule has 8 heteroatoms. The third kappa shape index (κ3) is 4.09. The number of aromatic nitrogens is 3.